The zero-order chi connectivity index (χ0) is 17.6. The van der Waals surface area contributed by atoms with Gasteiger partial charge in [-0.3, -0.25) is 10.2 Å². The van der Waals surface area contributed by atoms with Gasteiger partial charge < -0.3 is 10.7 Å². The van der Waals surface area contributed by atoms with E-state index < -0.39 is 5.92 Å². The van der Waals surface area contributed by atoms with Crippen LogP contribution in [-0.2, 0) is 4.79 Å². The fraction of sp³-hybridized carbons (Fsp3) is 0.562. The van der Waals surface area contributed by atoms with Gasteiger partial charge in [0.25, 0.3) is 5.91 Å². The molecule has 7 nitrogen and oxygen atoms in total. The summed E-state index contributed by atoms with van der Waals surface area (Å²) in [5.74, 6) is -2.32. The predicted octanol–water partition coefficient (Wildman–Crippen LogP) is 2.05. The Morgan fingerprint density at radius 1 is 1.36 bits per heavy atom. The third-order valence-corrected chi connectivity index (χ3v) is 4.90. The Kier molecular flexibility index (Phi) is 3.63. The van der Waals surface area contributed by atoms with Gasteiger partial charge in [0.05, 0.1) is 5.69 Å². The van der Waals surface area contributed by atoms with E-state index in [0.717, 1.165) is 12.8 Å². The highest BCUT2D eigenvalue weighted by molar-refractivity contribution is 6.14. The Labute approximate surface area is 143 Å². The smallest absolute Gasteiger partial charge is 0.271 e. The monoisotopic (exact) mass is 348 g/mol. The summed E-state index contributed by atoms with van der Waals surface area (Å²) in [5.41, 5.74) is 7.00. The summed E-state index contributed by atoms with van der Waals surface area (Å²) in [4.78, 5) is 12.6. The first kappa shape index (κ1) is 15.9. The Bertz CT molecular complexity index is 779. The second-order valence-electron chi connectivity index (χ2n) is 6.81. The van der Waals surface area contributed by atoms with E-state index in [1.165, 1.54) is 10.9 Å². The molecule has 2 saturated carbocycles. The molecule has 0 radical (unpaired) electrons. The van der Waals surface area contributed by atoms with Crippen molar-refractivity contribution in [2.75, 3.05) is 5.43 Å². The first-order valence-electron chi connectivity index (χ1n) is 8.42. The minimum atomic E-state index is -2.63. The number of fused-ring (bicyclic) bond motifs is 1. The van der Waals surface area contributed by atoms with Crippen LogP contribution in [0.2, 0.25) is 0 Å². The molecule has 0 aromatic carbocycles. The molecule has 4 rings (SSSR count). The highest BCUT2D eigenvalue weighted by Gasteiger charge is 2.37. The van der Waals surface area contributed by atoms with Crippen molar-refractivity contribution in [2.45, 2.75) is 56.4 Å². The number of nitriles is 1. The number of rotatable bonds is 3. The van der Waals surface area contributed by atoms with E-state index in [9.17, 15) is 18.8 Å². The lowest BCUT2D eigenvalue weighted by atomic mass is 9.92. The van der Waals surface area contributed by atoms with Crippen LogP contribution in [0.5, 0.6) is 0 Å². The van der Waals surface area contributed by atoms with Crippen molar-refractivity contribution < 1.29 is 13.6 Å². The molecule has 0 saturated heterocycles. The molecule has 3 N–H and O–H groups in total. The van der Waals surface area contributed by atoms with Gasteiger partial charge >= 0.3 is 0 Å². The summed E-state index contributed by atoms with van der Waals surface area (Å²) in [5, 5.41) is 16.7. The normalized spacial score (nSPS) is 22.0. The number of hydrogen-bond acceptors (Lipinski definition) is 5. The molecule has 2 aliphatic carbocycles. The summed E-state index contributed by atoms with van der Waals surface area (Å²) in [7, 11) is 0. The van der Waals surface area contributed by atoms with Crippen molar-refractivity contribution in [1.82, 2.24) is 20.5 Å². The minimum Gasteiger partial charge on any atom is -0.348 e. The van der Waals surface area contributed by atoms with Crippen LogP contribution in [0.4, 0.5) is 14.6 Å². The van der Waals surface area contributed by atoms with Gasteiger partial charge in [0.1, 0.15) is 17.3 Å². The SMILES string of the molecule is N#Cc1c(C2CC2)nn2c1NNC=C2C(=O)NC1CCC(F)(F)CC1. The summed E-state index contributed by atoms with van der Waals surface area (Å²) in [6.45, 7) is 0. The average molecular weight is 348 g/mol. The van der Waals surface area contributed by atoms with Gasteiger partial charge in [0.15, 0.2) is 5.82 Å². The third-order valence-electron chi connectivity index (χ3n) is 4.90. The van der Waals surface area contributed by atoms with E-state index in [-0.39, 0.29) is 49.2 Å². The second-order valence-corrected chi connectivity index (χ2v) is 6.81. The van der Waals surface area contributed by atoms with E-state index in [4.69, 9.17) is 0 Å². The van der Waals surface area contributed by atoms with Crippen molar-refractivity contribution >= 4 is 17.4 Å². The molecule has 0 atom stereocenters. The summed E-state index contributed by atoms with van der Waals surface area (Å²) in [6, 6.07) is 1.87. The molecule has 25 heavy (non-hydrogen) atoms. The van der Waals surface area contributed by atoms with Gasteiger partial charge in [-0.2, -0.15) is 10.4 Å². The Balaban J connectivity index is 1.53. The van der Waals surface area contributed by atoms with Gasteiger partial charge in [-0.25, -0.2) is 13.5 Å². The van der Waals surface area contributed by atoms with E-state index in [1.54, 1.807) is 0 Å². The van der Waals surface area contributed by atoms with Crippen LogP contribution in [0, 0.1) is 11.3 Å². The second kappa shape index (κ2) is 5.72. The van der Waals surface area contributed by atoms with Crippen LogP contribution in [0.15, 0.2) is 6.20 Å². The molecule has 9 heteroatoms. The fourth-order valence-corrected chi connectivity index (χ4v) is 3.32. The van der Waals surface area contributed by atoms with Gasteiger partial charge in [0.2, 0.25) is 5.92 Å². The number of carbonyl (C=O) groups excluding carboxylic acids is 1. The quantitative estimate of drug-likeness (QED) is 0.777. The maximum Gasteiger partial charge on any atom is 0.271 e. The number of aromatic nitrogens is 2. The molecule has 3 aliphatic rings. The molecule has 1 aromatic rings. The molecule has 0 unspecified atom stereocenters. The maximum atomic E-state index is 13.2. The number of amides is 1. The van der Waals surface area contributed by atoms with Gasteiger partial charge in [-0.1, -0.05) is 0 Å². The Morgan fingerprint density at radius 2 is 2.08 bits per heavy atom. The third kappa shape index (κ3) is 2.92. The van der Waals surface area contributed by atoms with Crippen molar-refractivity contribution in [3.8, 4) is 6.07 Å². The zero-order valence-electron chi connectivity index (χ0n) is 13.5. The first-order chi connectivity index (χ1) is 12.0. The van der Waals surface area contributed by atoms with Crippen LogP contribution in [-0.4, -0.2) is 27.7 Å². The number of halogens is 2. The average Bonchev–Trinajstić information content (AvgIpc) is 3.36. The van der Waals surface area contributed by atoms with E-state index in [1.807, 2.05) is 0 Å². The summed E-state index contributed by atoms with van der Waals surface area (Å²) < 4.78 is 27.9. The highest BCUT2D eigenvalue weighted by Crippen LogP contribution is 2.43. The van der Waals surface area contributed by atoms with Gasteiger partial charge in [0, 0.05) is 31.0 Å². The number of hydrogen-bond donors (Lipinski definition) is 3. The minimum absolute atomic E-state index is 0.214. The van der Waals surface area contributed by atoms with E-state index in [0.29, 0.717) is 17.1 Å². The summed E-state index contributed by atoms with van der Waals surface area (Å²) in [6.07, 6.45) is 3.51. The van der Waals surface area contributed by atoms with Gasteiger partial charge in [-0.05, 0) is 25.7 Å². The number of anilines is 1. The molecular formula is C16H18F2N6O. The van der Waals surface area contributed by atoms with Crippen molar-refractivity contribution in [3.63, 3.8) is 0 Å². The topological polar surface area (TPSA) is 94.8 Å². The number of alkyl halides is 2. The number of carbonyl (C=O) groups is 1. The Morgan fingerprint density at radius 3 is 2.72 bits per heavy atom. The van der Waals surface area contributed by atoms with Gasteiger partial charge in [-0.15, -0.1) is 0 Å². The maximum absolute atomic E-state index is 13.2. The molecule has 2 fully saturated rings. The molecule has 1 amide bonds. The number of nitrogens with one attached hydrogen (secondary N) is 3. The van der Waals surface area contributed by atoms with E-state index >= 15 is 0 Å². The van der Waals surface area contributed by atoms with Crippen LogP contribution in [0.3, 0.4) is 0 Å². The van der Waals surface area contributed by atoms with Crippen molar-refractivity contribution in [1.29, 1.82) is 5.26 Å². The summed E-state index contributed by atoms with van der Waals surface area (Å²) >= 11 is 0. The van der Waals surface area contributed by atoms with Crippen molar-refractivity contribution in [2.24, 2.45) is 0 Å². The number of nitrogens with zero attached hydrogens (tertiary/aromatic N) is 3. The van der Waals surface area contributed by atoms with E-state index in [2.05, 4.69) is 27.3 Å². The lowest BCUT2D eigenvalue weighted by Gasteiger charge is -2.29. The van der Waals surface area contributed by atoms with Crippen LogP contribution >= 0.6 is 0 Å². The molecule has 1 aliphatic heterocycles. The van der Waals surface area contributed by atoms with Crippen LogP contribution < -0.4 is 16.2 Å². The molecule has 1 aromatic heterocycles. The van der Waals surface area contributed by atoms with Crippen LogP contribution in [0.1, 0.15) is 55.7 Å². The highest BCUT2D eigenvalue weighted by atomic mass is 19.3. The molecule has 0 bridgehead atoms. The number of hydrazine groups is 1. The lowest BCUT2D eigenvalue weighted by molar-refractivity contribution is -0.117. The Hall–Kier alpha value is -2.63. The lowest BCUT2D eigenvalue weighted by Crippen LogP contribution is -2.42. The first-order valence-corrected chi connectivity index (χ1v) is 8.42. The largest absolute Gasteiger partial charge is 0.348 e. The molecular weight excluding hydrogens is 330 g/mol. The van der Waals surface area contributed by atoms with Crippen LogP contribution in [0.25, 0.3) is 5.70 Å². The fourth-order valence-electron chi connectivity index (χ4n) is 3.32. The molecule has 132 valence electrons. The molecule has 2 heterocycles. The predicted molar refractivity (Wildman–Crippen MR) is 85.3 cm³/mol. The standard InChI is InChI=1S/C16H18F2N6O/c17-16(18)5-3-10(4-6-16)21-15(25)12-8-20-22-14-11(7-19)13(9-1-2-9)23-24(12)14/h8-10,20,22H,1-6H2,(H,21,25). The molecule has 0 spiro atoms. The van der Waals surface area contributed by atoms with Crippen molar-refractivity contribution in [3.05, 3.63) is 17.5 Å². The zero-order valence-corrected chi connectivity index (χ0v) is 13.5.